The first-order valence-corrected chi connectivity index (χ1v) is 9.26. The molecule has 11 heteroatoms. The molecular formula is C17H22F2IN5O2S. The van der Waals surface area contributed by atoms with Crippen molar-refractivity contribution in [2.45, 2.75) is 13.2 Å². The van der Waals surface area contributed by atoms with Crippen LogP contribution in [-0.4, -0.2) is 55.7 Å². The molecule has 1 saturated heterocycles. The molecule has 154 valence electrons. The van der Waals surface area contributed by atoms with Crippen molar-refractivity contribution in [1.29, 1.82) is 0 Å². The molecule has 0 bridgehead atoms. The van der Waals surface area contributed by atoms with Crippen LogP contribution in [0.3, 0.4) is 0 Å². The Labute approximate surface area is 183 Å². The van der Waals surface area contributed by atoms with Crippen LogP contribution >= 0.6 is 35.3 Å². The highest BCUT2D eigenvalue weighted by Gasteiger charge is 2.20. The van der Waals surface area contributed by atoms with Gasteiger partial charge in [0.2, 0.25) is 0 Å². The molecule has 0 spiro atoms. The van der Waals surface area contributed by atoms with Gasteiger partial charge in [-0.2, -0.15) is 8.78 Å². The number of nitrogens with two attached hydrogens (primary N) is 1. The fourth-order valence-corrected chi connectivity index (χ4v) is 3.46. The summed E-state index contributed by atoms with van der Waals surface area (Å²) in [5, 5.41) is 2.95. The second-order valence-electron chi connectivity index (χ2n) is 5.82. The van der Waals surface area contributed by atoms with Crippen LogP contribution in [0.25, 0.3) is 0 Å². The fraction of sp³-hybridized carbons (Fsp3) is 0.412. The Morgan fingerprint density at radius 1 is 1.32 bits per heavy atom. The number of aromatic nitrogens is 1. The average Bonchev–Trinajstić information content (AvgIpc) is 3.21. The molecule has 0 radical (unpaired) electrons. The third-order valence-electron chi connectivity index (χ3n) is 4.20. The van der Waals surface area contributed by atoms with Crippen molar-refractivity contribution in [2.75, 3.05) is 38.2 Å². The standard InChI is InChI=1S/C17H21F2N5O2S.HI/c1-25-13-3-2-12(14(10-13)26-15(18)19)11-22-16(20)23-5-7-24(8-6-23)17-21-4-9-27-17;/h2-4,9-10,15H,5-8,11H2,1H3,(H2,20,22);1H. The van der Waals surface area contributed by atoms with Crippen LogP contribution in [0.4, 0.5) is 13.9 Å². The maximum Gasteiger partial charge on any atom is 0.387 e. The lowest BCUT2D eigenvalue weighted by Gasteiger charge is -2.35. The molecule has 0 aliphatic carbocycles. The van der Waals surface area contributed by atoms with E-state index in [1.165, 1.54) is 13.2 Å². The van der Waals surface area contributed by atoms with Gasteiger partial charge in [0, 0.05) is 49.4 Å². The Morgan fingerprint density at radius 3 is 2.68 bits per heavy atom. The number of piperazine rings is 1. The van der Waals surface area contributed by atoms with Crippen LogP contribution in [0.5, 0.6) is 11.5 Å². The highest BCUT2D eigenvalue weighted by atomic mass is 127. The summed E-state index contributed by atoms with van der Waals surface area (Å²) in [5.74, 6) is 0.853. The van der Waals surface area contributed by atoms with Crippen LogP contribution in [0.1, 0.15) is 5.56 Å². The van der Waals surface area contributed by atoms with Gasteiger partial charge in [0.1, 0.15) is 11.5 Å². The zero-order valence-electron chi connectivity index (χ0n) is 15.3. The molecule has 2 N–H and O–H groups in total. The Bertz CT molecular complexity index is 771. The van der Waals surface area contributed by atoms with Crippen molar-refractivity contribution in [3.63, 3.8) is 0 Å². The van der Waals surface area contributed by atoms with Crippen molar-refractivity contribution < 1.29 is 18.3 Å². The van der Waals surface area contributed by atoms with Gasteiger partial charge in [0.05, 0.1) is 13.7 Å². The van der Waals surface area contributed by atoms with Crippen molar-refractivity contribution in [3.05, 3.63) is 35.3 Å². The molecule has 1 fully saturated rings. The lowest BCUT2D eigenvalue weighted by molar-refractivity contribution is -0.0505. The SMILES string of the molecule is COc1ccc(CN=C(N)N2CCN(c3nccs3)CC2)c(OC(F)F)c1.I. The molecule has 2 heterocycles. The number of hydrogen-bond donors (Lipinski definition) is 1. The van der Waals surface area contributed by atoms with Crippen LogP contribution in [0.15, 0.2) is 34.8 Å². The summed E-state index contributed by atoms with van der Waals surface area (Å²) in [4.78, 5) is 12.8. The van der Waals surface area contributed by atoms with E-state index in [0.29, 0.717) is 17.3 Å². The maximum absolute atomic E-state index is 12.6. The van der Waals surface area contributed by atoms with Gasteiger partial charge in [-0.3, -0.25) is 0 Å². The smallest absolute Gasteiger partial charge is 0.387 e. The molecule has 3 rings (SSSR count). The van der Waals surface area contributed by atoms with Gasteiger partial charge in [-0.25, -0.2) is 9.98 Å². The Balaban J connectivity index is 0.00000280. The highest BCUT2D eigenvalue weighted by molar-refractivity contribution is 14.0. The zero-order chi connectivity index (χ0) is 19.2. The Morgan fingerprint density at radius 2 is 2.07 bits per heavy atom. The van der Waals surface area contributed by atoms with E-state index in [0.717, 1.165) is 31.3 Å². The van der Waals surface area contributed by atoms with Gasteiger partial charge in [-0.15, -0.1) is 35.3 Å². The molecule has 1 aromatic carbocycles. The van der Waals surface area contributed by atoms with E-state index < -0.39 is 6.61 Å². The van der Waals surface area contributed by atoms with E-state index in [4.69, 9.17) is 10.5 Å². The summed E-state index contributed by atoms with van der Waals surface area (Å²) in [6, 6.07) is 4.74. The molecular weight excluding hydrogens is 503 g/mol. The molecule has 7 nitrogen and oxygen atoms in total. The summed E-state index contributed by atoms with van der Waals surface area (Å²) in [6.07, 6.45) is 1.79. The molecule has 1 aromatic heterocycles. The normalized spacial score (nSPS) is 14.8. The first kappa shape index (κ1) is 22.4. The van der Waals surface area contributed by atoms with Crippen molar-refractivity contribution in [2.24, 2.45) is 10.7 Å². The second-order valence-corrected chi connectivity index (χ2v) is 6.69. The third kappa shape index (κ3) is 5.80. The quantitative estimate of drug-likeness (QED) is 0.355. The van der Waals surface area contributed by atoms with E-state index in [9.17, 15) is 8.78 Å². The maximum atomic E-state index is 12.6. The molecule has 0 atom stereocenters. The minimum Gasteiger partial charge on any atom is -0.497 e. The van der Waals surface area contributed by atoms with E-state index in [-0.39, 0.29) is 36.3 Å². The predicted octanol–water partition coefficient (Wildman–Crippen LogP) is 3.01. The predicted molar refractivity (Wildman–Crippen MR) is 116 cm³/mol. The molecule has 1 aliphatic rings. The van der Waals surface area contributed by atoms with E-state index in [1.807, 2.05) is 10.3 Å². The number of guanidine groups is 1. The summed E-state index contributed by atoms with van der Waals surface area (Å²) in [5.41, 5.74) is 6.61. The molecule has 0 unspecified atom stereocenters. The summed E-state index contributed by atoms with van der Waals surface area (Å²) < 4.78 is 34.9. The molecule has 2 aromatic rings. The minimum atomic E-state index is -2.92. The molecule has 1 aliphatic heterocycles. The van der Waals surface area contributed by atoms with Gasteiger partial charge >= 0.3 is 6.61 Å². The van der Waals surface area contributed by atoms with Gasteiger partial charge in [-0.05, 0) is 12.1 Å². The van der Waals surface area contributed by atoms with Crippen molar-refractivity contribution >= 4 is 46.4 Å². The van der Waals surface area contributed by atoms with Gasteiger partial charge in [0.15, 0.2) is 11.1 Å². The lowest BCUT2D eigenvalue weighted by Crippen LogP contribution is -2.51. The number of anilines is 1. The summed E-state index contributed by atoms with van der Waals surface area (Å²) >= 11 is 1.61. The van der Waals surface area contributed by atoms with E-state index >= 15 is 0 Å². The lowest BCUT2D eigenvalue weighted by atomic mass is 10.2. The largest absolute Gasteiger partial charge is 0.497 e. The average molecular weight is 525 g/mol. The van der Waals surface area contributed by atoms with Gasteiger partial charge in [-0.1, -0.05) is 0 Å². The van der Waals surface area contributed by atoms with Gasteiger partial charge in [0.25, 0.3) is 0 Å². The van der Waals surface area contributed by atoms with E-state index in [1.54, 1.807) is 29.7 Å². The third-order valence-corrected chi connectivity index (χ3v) is 5.03. The first-order chi connectivity index (χ1) is 13.1. The number of halogens is 3. The Kier molecular flexibility index (Phi) is 8.48. The van der Waals surface area contributed by atoms with Crippen molar-refractivity contribution in [3.8, 4) is 11.5 Å². The topological polar surface area (TPSA) is 76.2 Å². The monoisotopic (exact) mass is 525 g/mol. The number of aliphatic imine (C=N–C) groups is 1. The van der Waals surface area contributed by atoms with Crippen LogP contribution in [0.2, 0.25) is 0 Å². The number of ether oxygens (including phenoxy) is 2. The van der Waals surface area contributed by atoms with Gasteiger partial charge < -0.3 is 25.0 Å². The zero-order valence-corrected chi connectivity index (χ0v) is 18.4. The number of benzene rings is 1. The number of methoxy groups -OCH3 is 1. The second kappa shape index (κ2) is 10.6. The molecule has 0 amide bonds. The number of thiazole rings is 1. The van der Waals surface area contributed by atoms with Crippen LogP contribution in [0, 0.1) is 0 Å². The van der Waals surface area contributed by atoms with Crippen LogP contribution < -0.4 is 20.1 Å². The van der Waals surface area contributed by atoms with E-state index in [2.05, 4.69) is 19.6 Å². The fourth-order valence-electron chi connectivity index (χ4n) is 2.76. The number of nitrogens with zero attached hydrogens (tertiary/aromatic N) is 4. The Hall–Kier alpha value is -1.89. The number of hydrogen-bond acceptors (Lipinski definition) is 6. The summed E-state index contributed by atoms with van der Waals surface area (Å²) in [7, 11) is 1.46. The molecule has 28 heavy (non-hydrogen) atoms. The minimum absolute atomic E-state index is 0. The summed E-state index contributed by atoms with van der Waals surface area (Å²) in [6.45, 7) is 0.259. The first-order valence-electron chi connectivity index (χ1n) is 8.38. The van der Waals surface area contributed by atoms with Crippen molar-refractivity contribution in [1.82, 2.24) is 9.88 Å². The number of alkyl halides is 2. The molecule has 0 saturated carbocycles. The van der Waals surface area contributed by atoms with Crippen LogP contribution in [-0.2, 0) is 6.54 Å². The highest BCUT2D eigenvalue weighted by Crippen LogP contribution is 2.27. The number of rotatable bonds is 6.